The summed E-state index contributed by atoms with van der Waals surface area (Å²) in [4.78, 5) is 29.4. The molecule has 2 heterocycles. The Balaban J connectivity index is 1.66. The summed E-state index contributed by atoms with van der Waals surface area (Å²) < 4.78 is 5.21. The molecular weight excluding hydrogens is 312 g/mol. The van der Waals surface area contributed by atoms with Crippen LogP contribution in [-0.4, -0.2) is 42.0 Å². The number of amidine groups is 1. The third-order valence-electron chi connectivity index (χ3n) is 3.73. The van der Waals surface area contributed by atoms with Crippen molar-refractivity contribution in [1.82, 2.24) is 4.90 Å². The minimum Gasteiger partial charge on any atom is -0.486 e. The van der Waals surface area contributed by atoms with Gasteiger partial charge in [-0.15, -0.1) is 0 Å². The van der Waals surface area contributed by atoms with E-state index in [0.717, 1.165) is 36.7 Å². The van der Waals surface area contributed by atoms with Gasteiger partial charge in [-0.25, -0.2) is 0 Å². The van der Waals surface area contributed by atoms with Crippen molar-refractivity contribution in [2.75, 3.05) is 19.7 Å². The monoisotopic (exact) mass is 330 g/mol. The topological polar surface area (TPSA) is 59.0 Å². The van der Waals surface area contributed by atoms with Crippen LogP contribution in [0, 0.1) is 0 Å². The number of carbonyl (C=O) groups is 2. The molecule has 6 heteroatoms. The van der Waals surface area contributed by atoms with E-state index in [1.54, 1.807) is 12.1 Å². The summed E-state index contributed by atoms with van der Waals surface area (Å²) in [6.45, 7) is 2.01. The first-order valence-electron chi connectivity index (χ1n) is 7.70. The van der Waals surface area contributed by atoms with E-state index in [0.29, 0.717) is 16.9 Å². The van der Waals surface area contributed by atoms with Gasteiger partial charge in [0.25, 0.3) is 5.91 Å². The van der Waals surface area contributed by atoms with Crippen molar-refractivity contribution in [1.29, 1.82) is 0 Å². The smallest absolute Gasteiger partial charge is 0.286 e. The Bertz CT molecular complexity index is 646. The minimum absolute atomic E-state index is 0.0435. The van der Waals surface area contributed by atoms with E-state index in [4.69, 9.17) is 4.74 Å². The number of piperidine rings is 1. The Morgan fingerprint density at radius 1 is 1.17 bits per heavy atom. The highest BCUT2D eigenvalue weighted by Gasteiger charge is 2.26. The standard InChI is InChI=1S/C17H18N2O3S/c20-10-11-22-14-6-4-13(5-7-14)12-15-16(21)18-17(23-15)19-8-2-1-3-9-19/h4-7,10,12H,1-3,8-9,11H2. The number of thioether (sulfide) groups is 1. The zero-order valence-electron chi connectivity index (χ0n) is 12.7. The summed E-state index contributed by atoms with van der Waals surface area (Å²) in [6.07, 6.45) is 6.13. The van der Waals surface area contributed by atoms with Crippen molar-refractivity contribution >= 4 is 35.2 Å². The second-order valence-corrected chi connectivity index (χ2v) is 6.41. The summed E-state index contributed by atoms with van der Waals surface area (Å²) in [5.74, 6) is 0.465. The molecule has 0 radical (unpaired) electrons. The third kappa shape index (κ3) is 4.01. The zero-order valence-corrected chi connectivity index (χ0v) is 13.6. The molecule has 3 rings (SSSR count). The molecule has 2 aliphatic heterocycles. The Morgan fingerprint density at radius 3 is 2.61 bits per heavy atom. The molecule has 1 aromatic carbocycles. The number of aliphatic imine (C=N–C) groups is 1. The molecule has 0 aliphatic carbocycles. The number of ether oxygens (including phenoxy) is 1. The predicted octanol–water partition coefficient (Wildman–Crippen LogP) is 2.72. The summed E-state index contributed by atoms with van der Waals surface area (Å²) >= 11 is 1.45. The average Bonchev–Trinajstić information content (AvgIpc) is 2.96. The lowest BCUT2D eigenvalue weighted by atomic mass is 10.1. The molecule has 0 bridgehead atoms. The number of rotatable bonds is 4. The van der Waals surface area contributed by atoms with Crippen LogP contribution in [0.15, 0.2) is 34.2 Å². The van der Waals surface area contributed by atoms with Gasteiger partial charge in [0.2, 0.25) is 0 Å². The van der Waals surface area contributed by atoms with Crippen LogP contribution >= 0.6 is 11.8 Å². The van der Waals surface area contributed by atoms with E-state index in [2.05, 4.69) is 9.89 Å². The molecule has 1 saturated heterocycles. The molecular formula is C17H18N2O3S. The molecule has 0 atom stereocenters. The van der Waals surface area contributed by atoms with Gasteiger partial charge in [0.05, 0.1) is 4.91 Å². The Labute approximate surface area is 139 Å². The van der Waals surface area contributed by atoms with Crippen molar-refractivity contribution in [3.63, 3.8) is 0 Å². The molecule has 5 nitrogen and oxygen atoms in total. The molecule has 1 fully saturated rings. The maximum absolute atomic E-state index is 12.1. The van der Waals surface area contributed by atoms with Gasteiger partial charge in [-0.3, -0.25) is 9.59 Å². The fraction of sp³-hybridized carbons (Fsp3) is 0.353. The van der Waals surface area contributed by atoms with Gasteiger partial charge in [-0.05, 0) is 54.8 Å². The van der Waals surface area contributed by atoms with Gasteiger partial charge >= 0.3 is 0 Å². The number of hydrogen-bond donors (Lipinski definition) is 0. The highest BCUT2D eigenvalue weighted by Crippen LogP contribution is 2.31. The van der Waals surface area contributed by atoms with Crippen LogP contribution < -0.4 is 4.74 Å². The largest absolute Gasteiger partial charge is 0.486 e. The maximum atomic E-state index is 12.1. The molecule has 0 aromatic heterocycles. The number of benzene rings is 1. The van der Waals surface area contributed by atoms with E-state index in [1.807, 2.05) is 18.2 Å². The number of aldehydes is 1. The SMILES string of the molecule is O=CCOc1ccc(C=C2SC(N3CCCCC3)=NC2=O)cc1. The Kier molecular flexibility index (Phi) is 5.12. The van der Waals surface area contributed by atoms with Crippen LogP contribution in [0.4, 0.5) is 0 Å². The highest BCUT2D eigenvalue weighted by atomic mass is 32.2. The summed E-state index contributed by atoms with van der Waals surface area (Å²) in [7, 11) is 0. The van der Waals surface area contributed by atoms with E-state index >= 15 is 0 Å². The lowest BCUT2D eigenvalue weighted by Crippen LogP contribution is -2.33. The third-order valence-corrected chi connectivity index (χ3v) is 4.78. The molecule has 1 amide bonds. The van der Waals surface area contributed by atoms with Crippen LogP contribution in [0.2, 0.25) is 0 Å². The molecule has 0 unspecified atom stereocenters. The predicted molar refractivity (Wildman–Crippen MR) is 91.4 cm³/mol. The fourth-order valence-electron chi connectivity index (χ4n) is 2.56. The van der Waals surface area contributed by atoms with Crippen LogP contribution in [0.3, 0.4) is 0 Å². The van der Waals surface area contributed by atoms with Gasteiger partial charge in [-0.2, -0.15) is 4.99 Å². The van der Waals surface area contributed by atoms with Gasteiger partial charge < -0.3 is 9.64 Å². The van der Waals surface area contributed by atoms with Gasteiger partial charge in [0.1, 0.15) is 12.4 Å². The van der Waals surface area contributed by atoms with Crippen molar-refractivity contribution in [2.24, 2.45) is 4.99 Å². The lowest BCUT2D eigenvalue weighted by Gasteiger charge is -2.27. The molecule has 2 aliphatic rings. The second-order valence-electron chi connectivity index (χ2n) is 5.40. The zero-order chi connectivity index (χ0) is 16.1. The molecule has 0 spiro atoms. The van der Waals surface area contributed by atoms with Gasteiger partial charge in [-0.1, -0.05) is 12.1 Å². The van der Waals surface area contributed by atoms with Crippen LogP contribution in [-0.2, 0) is 9.59 Å². The quantitative estimate of drug-likeness (QED) is 0.627. The van der Waals surface area contributed by atoms with Crippen LogP contribution in [0.25, 0.3) is 6.08 Å². The number of likely N-dealkylation sites (tertiary alicyclic amines) is 1. The van der Waals surface area contributed by atoms with E-state index < -0.39 is 0 Å². The van der Waals surface area contributed by atoms with E-state index in [9.17, 15) is 9.59 Å². The summed E-state index contributed by atoms with van der Waals surface area (Å²) in [5, 5.41) is 0.826. The normalized spacial score (nSPS) is 19.8. The first-order valence-corrected chi connectivity index (χ1v) is 8.52. The van der Waals surface area contributed by atoms with Gasteiger partial charge in [0.15, 0.2) is 11.5 Å². The molecule has 0 N–H and O–H groups in total. The first-order chi connectivity index (χ1) is 11.3. The van der Waals surface area contributed by atoms with E-state index in [-0.39, 0.29) is 12.5 Å². The highest BCUT2D eigenvalue weighted by molar-refractivity contribution is 8.18. The molecule has 1 aromatic rings. The fourth-order valence-corrected chi connectivity index (χ4v) is 3.53. The van der Waals surface area contributed by atoms with Gasteiger partial charge in [0, 0.05) is 13.1 Å². The number of hydrogen-bond acceptors (Lipinski definition) is 5. The molecule has 0 saturated carbocycles. The Morgan fingerprint density at radius 2 is 1.91 bits per heavy atom. The number of amides is 1. The lowest BCUT2D eigenvalue weighted by molar-refractivity contribution is -0.113. The molecule has 23 heavy (non-hydrogen) atoms. The number of nitrogens with zero attached hydrogens (tertiary/aromatic N) is 2. The summed E-state index contributed by atoms with van der Waals surface area (Å²) in [6, 6.07) is 7.29. The first kappa shape index (κ1) is 15.8. The van der Waals surface area contributed by atoms with Crippen molar-refractivity contribution in [3.8, 4) is 5.75 Å². The summed E-state index contributed by atoms with van der Waals surface area (Å²) in [5.41, 5.74) is 0.911. The van der Waals surface area contributed by atoms with Crippen molar-refractivity contribution in [3.05, 3.63) is 34.7 Å². The van der Waals surface area contributed by atoms with Crippen LogP contribution in [0.1, 0.15) is 24.8 Å². The average molecular weight is 330 g/mol. The minimum atomic E-state index is -0.170. The number of carbonyl (C=O) groups excluding carboxylic acids is 2. The molecule has 120 valence electrons. The van der Waals surface area contributed by atoms with Crippen LogP contribution in [0.5, 0.6) is 5.75 Å². The van der Waals surface area contributed by atoms with E-state index in [1.165, 1.54) is 18.2 Å². The van der Waals surface area contributed by atoms with Crippen molar-refractivity contribution in [2.45, 2.75) is 19.3 Å². The Hall–Kier alpha value is -2.08. The second kappa shape index (κ2) is 7.46. The van der Waals surface area contributed by atoms with Crippen molar-refractivity contribution < 1.29 is 14.3 Å². The maximum Gasteiger partial charge on any atom is 0.286 e.